The Hall–Kier alpha value is -2.08. The van der Waals surface area contributed by atoms with E-state index >= 15 is 0 Å². The molecule has 3 heterocycles. The zero-order chi connectivity index (χ0) is 16.2. The lowest BCUT2D eigenvalue weighted by Crippen LogP contribution is -2.42. The Bertz CT molecular complexity index is 714. The molecule has 1 saturated heterocycles. The highest BCUT2D eigenvalue weighted by molar-refractivity contribution is 7.07. The highest BCUT2D eigenvalue weighted by Crippen LogP contribution is 2.19. The first kappa shape index (κ1) is 15.8. The van der Waals surface area contributed by atoms with E-state index in [1.807, 2.05) is 21.7 Å². The Labute approximate surface area is 138 Å². The van der Waals surface area contributed by atoms with Gasteiger partial charge in [0.15, 0.2) is 0 Å². The first-order chi connectivity index (χ1) is 11.1. The second-order valence-electron chi connectivity index (χ2n) is 5.73. The number of nitrogens with zero attached hydrogens (tertiary/aromatic N) is 1. The van der Waals surface area contributed by atoms with E-state index in [9.17, 15) is 9.59 Å². The quantitative estimate of drug-likeness (QED) is 0.863. The number of piperidine rings is 1. The number of amides is 1. The van der Waals surface area contributed by atoms with Crippen LogP contribution in [0.2, 0.25) is 0 Å². The van der Waals surface area contributed by atoms with Crippen molar-refractivity contribution in [2.24, 2.45) is 0 Å². The zero-order valence-corrected chi connectivity index (χ0v) is 13.8. The highest BCUT2D eigenvalue weighted by atomic mass is 32.1. The highest BCUT2D eigenvalue weighted by Gasteiger charge is 2.24. The summed E-state index contributed by atoms with van der Waals surface area (Å²) >= 11 is 1.61. The molecule has 0 atom stereocenters. The second kappa shape index (κ2) is 7.00. The number of aryl methyl sites for hydroxylation is 1. The molecule has 0 saturated carbocycles. The number of hydrogen-bond donors (Lipinski definition) is 0. The van der Waals surface area contributed by atoms with Crippen molar-refractivity contribution < 1.29 is 13.9 Å². The third-order valence-electron chi connectivity index (χ3n) is 3.90. The maximum atomic E-state index is 12.3. The van der Waals surface area contributed by atoms with E-state index in [-0.39, 0.29) is 12.0 Å². The largest absolute Gasteiger partial charge is 0.490 e. The zero-order valence-electron chi connectivity index (χ0n) is 13.0. The van der Waals surface area contributed by atoms with Crippen molar-refractivity contribution in [3.05, 3.63) is 50.7 Å². The molecule has 6 heteroatoms. The molecular weight excluding hydrogens is 314 g/mol. The van der Waals surface area contributed by atoms with E-state index in [0.29, 0.717) is 31.0 Å². The molecule has 1 aliphatic rings. The van der Waals surface area contributed by atoms with Gasteiger partial charge in [0, 0.05) is 32.0 Å². The average Bonchev–Trinajstić information content (AvgIpc) is 3.00. The molecule has 1 fully saturated rings. The van der Waals surface area contributed by atoms with E-state index in [0.717, 1.165) is 18.4 Å². The van der Waals surface area contributed by atoms with Gasteiger partial charge in [0.25, 0.3) is 0 Å². The van der Waals surface area contributed by atoms with Crippen LogP contribution in [0.5, 0.6) is 5.75 Å². The molecule has 1 amide bonds. The second-order valence-corrected chi connectivity index (χ2v) is 6.51. The average molecular weight is 333 g/mol. The smallest absolute Gasteiger partial charge is 0.339 e. The maximum absolute atomic E-state index is 12.3. The molecule has 0 spiro atoms. The van der Waals surface area contributed by atoms with Crippen LogP contribution in [-0.2, 0) is 11.2 Å². The molecular formula is C17H19NO4S. The van der Waals surface area contributed by atoms with Crippen molar-refractivity contribution in [2.45, 2.75) is 32.3 Å². The maximum Gasteiger partial charge on any atom is 0.339 e. The molecule has 0 unspecified atom stereocenters. The van der Waals surface area contributed by atoms with Gasteiger partial charge in [-0.1, -0.05) is 0 Å². The Morgan fingerprint density at radius 3 is 2.83 bits per heavy atom. The van der Waals surface area contributed by atoms with Gasteiger partial charge in [-0.15, -0.1) is 0 Å². The first-order valence-corrected chi connectivity index (χ1v) is 8.62. The summed E-state index contributed by atoms with van der Waals surface area (Å²) in [5.74, 6) is 1.25. The molecule has 0 aromatic carbocycles. The summed E-state index contributed by atoms with van der Waals surface area (Å²) in [4.78, 5) is 25.5. The Kier molecular flexibility index (Phi) is 4.81. The molecule has 0 aliphatic carbocycles. The molecule has 23 heavy (non-hydrogen) atoms. The van der Waals surface area contributed by atoms with Crippen LogP contribution in [0.25, 0.3) is 0 Å². The predicted octanol–water partition coefficient (Wildman–Crippen LogP) is 2.62. The molecule has 0 bridgehead atoms. The van der Waals surface area contributed by atoms with Crippen LogP contribution in [0.15, 0.2) is 38.2 Å². The minimum atomic E-state index is -0.400. The fraction of sp³-hybridized carbons (Fsp3) is 0.412. The lowest BCUT2D eigenvalue weighted by molar-refractivity contribution is -0.132. The van der Waals surface area contributed by atoms with Crippen LogP contribution in [0.4, 0.5) is 0 Å². The fourth-order valence-electron chi connectivity index (χ4n) is 2.74. The van der Waals surface area contributed by atoms with E-state index < -0.39 is 5.63 Å². The molecule has 0 radical (unpaired) electrons. The topological polar surface area (TPSA) is 59.8 Å². The van der Waals surface area contributed by atoms with Crippen LogP contribution in [0.3, 0.4) is 0 Å². The number of hydrogen-bond acceptors (Lipinski definition) is 5. The van der Waals surface area contributed by atoms with Crippen molar-refractivity contribution in [2.75, 3.05) is 13.1 Å². The van der Waals surface area contributed by atoms with Gasteiger partial charge in [-0.05, 0) is 29.3 Å². The minimum absolute atomic E-state index is 0.0291. The summed E-state index contributed by atoms with van der Waals surface area (Å²) in [5, 5.41) is 4.00. The predicted molar refractivity (Wildman–Crippen MR) is 88.0 cm³/mol. The van der Waals surface area contributed by atoms with Gasteiger partial charge < -0.3 is 14.1 Å². The van der Waals surface area contributed by atoms with Crippen LogP contribution in [-0.4, -0.2) is 30.0 Å². The minimum Gasteiger partial charge on any atom is -0.490 e. The number of thiophene rings is 1. The van der Waals surface area contributed by atoms with E-state index in [1.165, 1.54) is 6.07 Å². The van der Waals surface area contributed by atoms with E-state index in [1.54, 1.807) is 24.3 Å². The van der Waals surface area contributed by atoms with Gasteiger partial charge >= 0.3 is 5.63 Å². The van der Waals surface area contributed by atoms with Crippen molar-refractivity contribution in [3.8, 4) is 5.75 Å². The SMILES string of the molecule is Cc1cc(OC2CCN(C(=O)Cc3ccsc3)CC2)cc(=O)o1. The number of ether oxygens (including phenoxy) is 1. The lowest BCUT2D eigenvalue weighted by Gasteiger charge is -2.32. The lowest BCUT2D eigenvalue weighted by atomic mass is 10.1. The summed E-state index contributed by atoms with van der Waals surface area (Å²) in [7, 11) is 0. The Balaban J connectivity index is 1.52. The first-order valence-electron chi connectivity index (χ1n) is 7.67. The summed E-state index contributed by atoms with van der Waals surface area (Å²) in [5.41, 5.74) is 0.674. The molecule has 2 aromatic rings. The van der Waals surface area contributed by atoms with Crippen LogP contribution >= 0.6 is 11.3 Å². The normalized spacial score (nSPS) is 15.6. The monoisotopic (exact) mass is 333 g/mol. The van der Waals surface area contributed by atoms with Crippen molar-refractivity contribution in [1.82, 2.24) is 4.90 Å². The number of carbonyl (C=O) groups excluding carboxylic acids is 1. The third kappa shape index (κ3) is 4.22. The van der Waals surface area contributed by atoms with Gasteiger partial charge in [0.1, 0.15) is 17.6 Å². The molecule has 1 aliphatic heterocycles. The van der Waals surface area contributed by atoms with Crippen molar-refractivity contribution in [1.29, 1.82) is 0 Å². The molecule has 2 aromatic heterocycles. The van der Waals surface area contributed by atoms with Gasteiger partial charge in [0.2, 0.25) is 5.91 Å². The molecule has 5 nitrogen and oxygen atoms in total. The van der Waals surface area contributed by atoms with Crippen molar-refractivity contribution in [3.63, 3.8) is 0 Å². The number of likely N-dealkylation sites (tertiary alicyclic amines) is 1. The van der Waals surface area contributed by atoms with Crippen LogP contribution < -0.4 is 10.4 Å². The van der Waals surface area contributed by atoms with Crippen LogP contribution in [0, 0.1) is 6.92 Å². The van der Waals surface area contributed by atoms with Crippen LogP contribution in [0.1, 0.15) is 24.2 Å². The fourth-order valence-corrected chi connectivity index (χ4v) is 3.41. The number of carbonyl (C=O) groups is 1. The third-order valence-corrected chi connectivity index (χ3v) is 4.63. The van der Waals surface area contributed by atoms with Gasteiger partial charge in [0.05, 0.1) is 12.5 Å². The van der Waals surface area contributed by atoms with Gasteiger partial charge in [-0.25, -0.2) is 4.79 Å². The Morgan fingerprint density at radius 1 is 1.39 bits per heavy atom. The van der Waals surface area contributed by atoms with Crippen molar-refractivity contribution >= 4 is 17.2 Å². The molecule has 3 rings (SSSR count). The van der Waals surface area contributed by atoms with E-state index in [2.05, 4.69) is 0 Å². The molecule has 122 valence electrons. The Morgan fingerprint density at radius 2 is 2.17 bits per heavy atom. The van der Waals surface area contributed by atoms with E-state index in [4.69, 9.17) is 9.15 Å². The summed E-state index contributed by atoms with van der Waals surface area (Å²) in [6, 6.07) is 5.07. The van der Waals surface area contributed by atoms with Gasteiger partial charge in [-0.3, -0.25) is 4.79 Å². The standard InChI is InChI=1S/C17H19NO4S/c1-12-8-15(10-17(20)21-12)22-14-2-5-18(6-3-14)16(19)9-13-4-7-23-11-13/h4,7-8,10-11,14H,2-3,5-6,9H2,1H3. The number of rotatable bonds is 4. The van der Waals surface area contributed by atoms with Gasteiger partial charge in [-0.2, -0.15) is 11.3 Å². The summed E-state index contributed by atoms with van der Waals surface area (Å²) < 4.78 is 10.8. The summed E-state index contributed by atoms with van der Waals surface area (Å²) in [6.45, 7) is 3.10. The summed E-state index contributed by atoms with van der Waals surface area (Å²) in [6.07, 6.45) is 2.04. The molecule has 0 N–H and O–H groups in total.